The second-order valence-electron chi connectivity index (χ2n) is 7.00. The number of ether oxygens (including phenoxy) is 2. The average Bonchev–Trinajstić information content (AvgIpc) is 3.20. The zero-order valence-electron chi connectivity index (χ0n) is 15.6. The minimum atomic E-state index is -3.91. The largest absolute Gasteiger partial charge is 0.489 e. The van der Waals surface area contributed by atoms with Gasteiger partial charge in [0.25, 0.3) is 10.0 Å². The van der Waals surface area contributed by atoms with Crippen LogP contribution in [0.15, 0.2) is 47.4 Å². The number of fused-ring (bicyclic) bond motifs is 1. The lowest BCUT2D eigenvalue weighted by Crippen LogP contribution is -2.38. The van der Waals surface area contributed by atoms with E-state index in [4.69, 9.17) is 9.47 Å². The number of hydrogen-bond donors (Lipinski definition) is 1. The van der Waals surface area contributed by atoms with Gasteiger partial charge in [-0.15, -0.1) is 0 Å². The van der Waals surface area contributed by atoms with E-state index in [1.54, 1.807) is 12.1 Å². The average molecular weight is 420 g/mol. The third-order valence-electron chi connectivity index (χ3n) is 5.00. The highest BCUT2D eigenvalue weighted by atomic mass is 32.2. The Bertz CT molecular complexity index is 1000. The summed E-state index contributed by atoms with van der Waals surface area (Å²) < 4.78 is 51.5. The maximum absolute atomic E-state index is 13.2. The molecule has 2 aliphatic rings. The monoisotopic (exact) mass is 420 g/mol. The second-order valence-corrected chi connectivity index (χ2v) is 8.86. The lowest BCUT2D eigenvalue weighted by molar-refractivity contribution is 0.114. The second kappa shape index (κ2) is 7.90. The van der Waals surface area contributed by atoms with Crippen LogP contribution in [0.1, 0.15) is 25.7 Å². The van der Waals surface area contributed by atoms with Gasteiger partial charge in [-0.05, 0) is 68.1 Å². The number of halogens is 1. The Morgan fingerprint density at radius 1 is 1.14 bits per heavy atom. The molecule has 1 aliphatic heterocycles. The van der Waals surface area contributed by atoms with E-state index in [1.165, 1.54) is 22.5 Å². The summed E-state index contributed by atoms with van der Waals surface area (Å²) in [5.41, 5.74) is 0.704. The number of hydrogen-bond acceptors (Lipinski definition) is 5. The molecule has 0 unspecified atom stereocenters. The molecule has 0 saturated heterocycles. The van der Waals surface area contributed by atoms with Gasteiger partial charge < -0.3 is 9.47 Å². The molecule has 0 bridgehead atoms. The van der Waals surface area contributed by atoms with Gasteiger partial charge in [0.15, 0.2) is 0 Å². The van der Waals surface area contributed by atoms with E-state index >= 15 is 0 Å². The predicted molar refractivity (Wildman–Crippen MR) is 105 cm³/mol. The summed E-state index contributed by atoms with van der Waals surface area (Å²) >= 11 is 0. The van der Waals surface area contributed by atoms with Crippen molar-refractivity contribution >= 4 is 27.5 Å². The van der Waals surface area contributed by atoms with Gasteiger partial charge in [-0.2, -0.15) is 0 Å². The molecule has 4 rings (SSSR count). The lowest BCUT2D eigenvalue weighted by atomic mass is 10.2. The number of anilines is 2. The third-order valence-corrected chi connectivity index (χ3v) is 6.83. The minimum absolute atomic E-state index is 0.0224. The van der Waals surface area contributed by atoms with E-state index in [1.807, 2.05) is 0 Å². The summed E-state index contributed by atoms with van der Waals surface area (Å²) in [6, 6.07) is 9.42. The molecule has 29 heavy (non-hydrogen) atoms. The first-order valence-corrected chi connectivity index (χ1v) is 10.9. The molecule has 1 amide bonds. The number of sulfonamides is 1. The molecule has 2 aromatic carbocycles. The fourth-order valence-electron chi connectivity index (χ4n) is 3.56. The third kappa shape index (κ3) is 4.14. The number of carbonyl (C=O) groups excluding carboxylic acids is 1. The highest BCUT2D eigenvalue weighted by Crippen LogP contribution is 2.37. The Morgan fingerprint density at radius 3 is 2.59 bits per heavy atom. The Morgan fingerprint density at radius 2 is 1.86 bits per heavy atom. The zero-order valence-corrected chi connectivity index (χ0v) is 16.5. The highest BCUT2D eigenvalue weighted by molar-refractivity contribution is 7.92. The van der Waals surface area contributed by atoms with Crippen molar-refractivity contribution in [2.24, 2.45) is 0 Å². The molecule has 1 aliphatic carbocycles. The van der Waals surface area contributed by atoms with Crippen molar-refractivity contribution in [2.45, 2.75) is 36.7 Å². The van der Waals surface area contributed by atoms with Crippen molar-refractivity contribution in [2.75, 3.05) is 22.8 Å². The van der Waals surface area contributed by atoms with Crippen LogP contribution >= 0.6 is 0 Å². The van der Waals surface area contributed by atoms with Crippen LogP contribution in [0, 0.1) is 5.82 Å². The van der Waals surface area contributed by atoms with Gasteiger partial charge in [0, 0.05) is 5.69 Å². The van der Waals surface area contributed by atoms with E-state index in [0.717, 1.165) is 37.8 Å². The molecule has 2 aromatic rings. The molecule has 1 fully saturated rings. The maximum atomic E-state index is 13.2. The van der Waals surface area contributed by atoms with Crippen molar-refractivity contribution in [3.63, 3.8) is 0 Å². The van der Waals surface area contributed by atoms with Crippen LogP contribution in [-0.4, -0.2) is 33.8 Å². The van der Waals surface area contributed by atoms with Crippen molar-refractivity contribution in [3.05, 3.63) is 48.3 Å². The smallest absolute Gasteiger partial charge is 0.411 e. The summed E-state index contributed by atoms with van der Waals surface area (Å²) in [5, 5.41) is 2.65. The molecule has 0 aromatic heterocycles. The number of amides is 1. The number of nitrogens with one attached hydrogen (secondary N) is 1. The van der Waals surface area contributed by atoms with Crippen molar-refractivity contribution in [1.29, 1.82) is 0 Å². The summed E-state index contributed by atoms with van der Waals surface area (Å²) in [5.74, 6) is -0.129. The van der Waals surface area contributed by atoms with E-state index in [9.17, 15) is 17.6 Å². The minimum Gasteiger partial charge on any atom is -0.489 e. The molecule has 154 valence electrons. The van der Waals surface area contributed by atoms with E-state index in [0.29, 0.717) is 17.1 Å². The van der Waals surface area contributed by atoms with Crippen LogP contribution in [0.4, 0.5) is 20.6 Å². The zero-order chi connectivity index (χ0) is 20.4. The summed E-state index contributed by atoms with van der Waals surface area (Å²) in [6.45, 7) is 0.284. The first kappa shape index (κ1) is 19.5. The molecule has 1 heterocycles. The van der Waals surface area contributed by atoms with Gasteiger partial charge in [0.1, 0.15) is 24.3 Å². The lowest BCUT2D eigenvalue weighted by Gasteiger charge is -2.30. The van der Waals surface area contributed by atoms with Gasteiger partial charge in [0.05, 0.1) is 17.1 Å². The predicted octanol–water partition coefficient (Wildman–Crippen LogP) is 3.90. The van der Waals surface area contributed by atoms with Gasteiger partial charge in [-0.1, -0.05) is 0 Å². The molecule has 7 nitrogen and oxygen atoms in total. The fraction of sp³-hybridized carbons (Fsp3) is 0.350. The van der Waals surface area contributed by atoms with Crippen LogP contribution in [0.25, 0.3) is 0 Å². The molecule has 0 radical (unpaired) electrons. The molecule has 1 saturated carbocycles. The number of rotatable bonds is 4. The van der Waals surface area contributed by atoms with Crippen LogP contribution in [0.5, 0.6) is 5.75 Å². The van der Waals surface area contributed by atoms with Crippen LogP contribution in [-0.2, 0) is 14.8 Å². The summed E-state index contributed by atoms with van der Waals surface area (Å²) in [4.78, 5) is 12.1. The molecule has 9 heteroatoms. The van der Waals surface area contributed by atoms with Gasteiger partial charge in [-0.25, -0.2) is 17.6 Å². The number of nitrogens with zero attached hydrogens (tertiary/aromatic N) is 1. The standard InChI is InChI=1S/C20H21FN2O5S/c21-14-5-8-17(9-6-14)29(25,26)23-11-12-27-19-10-7-15(13-18(19)23)22-20(24)28-16-3-1-2-4-16/h5-10,13,16H,1-4,11-12H2,(H,22,24). The molecule has 0 atom stereocenters. The molecule has 0 spiro atoms. The summed E-state index contributed by atoms with van der Waals surface area (Å²) in [7, 11) is -3.91. The quantitative estimate of drug-likeness (QED) is 0.811. The number of benzene rings is 2. The van der Waals surface area contributed by atoms with Crippen LogP contribution < -0.4 is 14.4 Å². The molecule has 1 N–H and O–H groups in total. The Hall–Kier alpha value is -2.81. The van der Waals surface area contributed by atoms with E-state index in [-0.39, 0.29) is 24.2 Å². The van der Waals surface area contributed by atoms with Crippen LogP contribution in [0.2, 0.25) is 0 Å². The first-order valence-electron chi connectivity index (χ1n) is 9.46. The fourth-order valence-corrected chi connectivity index (χ4v) is 5.01. The molecular weight excluding hydrogens is 399 g/mol. The van der Waals surface area contributed by atoms with Gasteiger partial charge >= 0.3 is 6.09 Å². The first-order chi connectivity index (χ1) is 13.9. The van der Waals surface area contributed by atoms with Crippen molar-refractivity contribution in [3.8, 4) is 5.75 Å². The van der Waals surface area contributed by atoms with Crippen molar-refractivity contribution < 1.29 is 27.1 Å². The highest BCUT2D eigenvalue weighted by Gasteiger charge is 2.30. The Labute approximate surface area is 168 Å². The Kier molecular flexibility index (Phi) is 5.31. The molecular formula is C20H21FN2O5S. The van der Waals surface area contributed by atoms with E-state index in [2.05, 4.69) is 5.32 Å². The van der Waals surface area contributed by atoms with Gasteiger partial charge in [-0.3, -0.25) is 9.62 Å². The Balaban J connectivity index is 1.58. The van der Waals surface area contributed by atoms with Crippen molar-refractivity contribution in [1.82, 2.24) is 0 Å². The number of carbonyl (C=O) groups is 1. The van der Waals surface area contributed by atoms with Gasteiger partial charge in [0.2, 0.25) is 0 Å². The summed E-state index contributed by atoms with van der Waals surface area (Å²) in [6.07, 6.45) is 3.16. The topological polar surface area (TPSA) is 84.9 Å². The van der Waals surface area contributed by atoms with Crippen LogP contribution in [0.3, 0.4) is 0 Å². The maximum Gasteiger partial charge on any atom is 0.411 e. The van der Waals surface area contributed by atoms with E-state index < -0.39 is 21.9 Å². The SMILES string of the molecule is O=C(Nc1ccc2c(c1)N(S(=O)(=O)c1ccc(F)cc1)CCO2)OC1CCCC1. The normalized spacial score (nSPS) is 16.8.